The summed E-state index contributed by atoms with van der Waals surface area (Å²) >= 11 is 0. The molecule has 25 heavy (non-hydrogen) atoms. The van der Waals surface area contributed by atoms with Crippen LogP contribution in [0.1, 0.15) is 24.0 Å². The summed E-state index contributed by atoms with van der Waals surface area (Å²) in [4.78, 5) is 14.9. The van der Waals surface area contributed by atoms with Gasteiger partial charge in [-0.25, -0.2) is 4.39 Å². The number of anilines is 1. The van der Waals surface area contributed by atoms with Gasteiger partial charge >= 0.3 is 0 Å². The fourth-order valence-electron chi connectivity index (χ4n) is 3.17. The zero-order valence-corrected chi connectivity index (χ0v) is 14.2. The molecule has 0 spiro atoms. The minimum Gasteiger partial charge on any atom is -0.326 e. The number of nitrogens with zero attached hydrogens (tertiary/aromatic N) is 1. The monoisotopic (exact) mass is 341 g/mol. The number of piperidine rings is 1. The van der Waals surface area contributed by atoms with Gasteiger partial charge in [-0.3, -0.25) is 4.79 Å². The first-order valence-corrected chi connectivity index (χ1v) is 8.73. The first kappa shape index (κ1) is 17.6. The van der Waals surface area contributed by atoms with Gasteiger partial charge in [0.15, 0.2) is 0 Å². The largest absolute Gasteiger partial charge is 0.326 e. The molecule has 0 unspecified atom stereocenters. The lowest BCUT2D eigenvalue weighted by Crippen LogP contribution is -2.41. The highest BCUT2D eigenvalue weighted by Gasteiger charge is 2.27. The maximum Gasteiger partial charge on any atom is 0.230 e. The molecule has 0 aromatic heterocycles. The third kappa shape index (κ3) is 4.44. The molecule has 2 aromatic carbocycles. The van der Waals surface area contributed by atoms with Crippen molar-refractivity contribution in [2.75, 3.05) is 18.0 Å². The van der Waals surface area contributed by atoms with E-state index in [1.165, 1.54) is 12.1 Å². The molecule has 1 amide bonds. The minimum atomic E-state index is -0.271. The van der Waals surface area contributed by atoms with Crippen molar-refractivity contribution in [3.63, 3.8) is 0 Å². The molecule has 1 aliphatic rings. The summed E-state index contributed by atoms with van der Waals surface area (Å²) in [7, 11) is 0. The number of halogens is 1. The van der Waals surface area contributed by atoms with Crippen molar-refractivity contribution in [1.29, 1.82) is 0 Å². The average Bonchev–Trinajstić information content (AvgIpc) is 2.68. The molecule has 132 valence electrons. The molecule has 5 heteroatoms. The number of nitrogens with one attached hydrogen (secondary N) is 1. The summed E-state index contributed by atoms with van der Waals surface area (Å²) in [5.74, 6) is -0.116. The van der Waals surface area contributed by atoms with Gasteiger partial charge in [-0.05, 0) is 61.3 Å². The van der Waals surface area contributed by atoms with E-state index in [-0.39, 0.29) is 17.6 Å². The topological polar surface area (TPSA) is 58.4 Å². The van der Waals surface area contributed by atoms with Gasteiger partial charge in [0.2, 0.25) is 5.91 Å². The SMILES string of the molecule is NCc1ccc(N(Cc2ccc(F)cc2)C(=O)C2CCNCC2)cc1. The fraction of sp³-hybridized carbons (Fsp3) is 0.350. The quantitative estimate of drug-likeness (QED) is 0.879. The van der Waals surface area contributed by atoms with Gasteiger partial charge in [0, 0.05) is 18.2 Å². The van der Waals surface area contributed by atoms with Gasteiger partial charge in [0.25, 0.3) is 0 Å². The molecule has 1 heterocycles. The van der Waals surface area contributed by atoms with Gasteiger partial charge in [-0.2, -0.15) is 0 Å². The molecule has 4 nitrogen and oxygen atoms in total. The number of amides is 1. The van der Waals surface area contributed by atoms with E-state index in [4.69, 9.17) is 5.73 Å². The smallest absolute Gasteiger partial charge is 0.230 e. The average molecular weight is 341 g/mol. The molecule has 1 aliphatic heterocycles. The highest BCUT2D eigenvalue weighted by Crippen LogP contribution is 2.24. The van der Waals surface area contributed by atoms with Crippen molar-refractivity contribution in [2.45, 2.75) is 25.9 Å². The lowest BCUT2D eigenvalue weighted by molar-refractivity contribution is -0.123. The number of hydrogen-bond donors (Lipinski definition) is 2. The minimum absolute atomic E-state index is 0.0240. The Hall–Kier alpha value is -2.24. The molecule has 2 aromatic rings. The van der Waals surface area contributed by atoms with E-state index in [2.05, 4.69) is 5.32 Å². The van der Waals surface area contributed by atoms with Crippen LogP contribution in [0.5, 0.6) is 0 Å². The Morgan fingerprint density at radius 3 is 2.24 bits per heavy atom. The molecule has 0 saturated carbocycles. The Labute approximate surface area is 147 Å². The predicted molar refractivity (Wildman–Crippen MR) is 97.5 cm³/mol. The second-order valence-corrected chi connectivity index (χ2v) is 6.45. The van der Waals surface area contributed by atoms with Crippen LogP contribution in [0.4, 0.5) is 10.1 Å². The number of rotatable bonds is 5. The van der Waals surface area contributed by atoms with Gasteiger partial charge in [-0.1, -0.05) is 24.3 Å². The van der Waals surface area contributed by atoms with Crippen LogP contribution in [0.25, 0.3) is 0 Å². The summed E-state index contributed by atoms with van der Waals surface area (Å²) in [6.45, 7) is 2.64. The lowest BCUT2D eigenvalue weighted by Gasteiger charge is -2.30. The first-order valence-electron chi connectivity index (χ1n) is 8.73. The number of benzene rings is 2. The molecule has 0 atom stereocenters. The van der Waals surface area contributed by atoms with Crippen molar-refractivity contribution < 1.29 is 9.18 Å². The standard InChI is InChI=1S/C20H24FN3O/c21-18-5-1-16(2-6-18)14-24(19-7-3-15(13-22)4-8-19)20(25)17-9-11-23-12-10-17/h1-8,17,23H,9-14,22H2. The van der Waals surface area contributed by atoms with E-state index in [0.717, 1.165) is 42.7 Å². The second kappa shape index (κ2) is 8.23. The fourth-order valence-corrected chi connectivity index (χ4v) is 3.17. The van der Waals surface area contributed by atoms with Crippen LogP contribution in [0, 0.1) is 11.7 Å². The molecule has 3 N–H and O–H groups in total. The van der Waals surface area contributed by atoms with E-state index in [1.807, 2.05) is 29.2 Å². The molecule has 1 fully saturated rings. The molecule has 0 aliphatic carbocycles. The Balaban J connectivity index is 1.85. The highest BCUT2D eigenvalue weighted by molar-refractivity contribution is 5.95. The first-order chi connectivity index (χ1) is 12.2. The molecule has 0 bridgehead atoms. The van der Waals surface area contributed by atoms with Crippen LogP contribution in [0.15, 0.2) is 48.5 Å². The van der Waals surface area contributed by atoms with Crippen LogP contribution in [0.3, 0.4) is 0 Å². The molecule has 0 radical (unpaired) electrons. The third-order valence-corrected chi connectivity index (χ3v) is 4.69. The third-order valence-electron chi connectivity index (χ3n) is 4.69. The van der Waals surface area contributed by atoms with Crippen LogP contribution in [0.2, 0.25) is 0 Å². The zero-order chi connectivity index (χ0) is 17.6. The normalized spacial score (nSPS) is 15.1. The number of carbonyl (C=O) groups is 1. The number of nitrogens with two attached hydrogens (primary N) is 1. The second-order valence-electron chi connectivity index (χ2n) is 6.45. The summed E-state index contributed by atoms with van der Waals surface area (Å²) in [5.41, 5.74) is 8.46. The van der Waals surface area contributed by atoms with Crippen molar-refractivity contribution in [3.05, 3.63) is 65.5 Å². The van der Waals surface area contributed by atoms with Crippen molar-refractivity contribution in [2.24, 2.45) is 11.7 Å². The highest BCUT2D eigenvalue weighted by atomic mass is 19.1. The van der Waals surface area contributed by atoms with E-state index in [1.54, 1.807) is 12.1 Å². The Bertz CT molecular complexity index is 694. The summed E-state index contributed by atoms with van der Waals surface area (Å²) < 4.78 is 13.2. The predicted octanol–water partition coefficient (Wildman–Crippen LogP) is 2.82. The summed E-state index contributed by atoms with van der Waals surface area (Å²) in [6, 6.07) is 14.1. The van der Waals surface area contributed by atoms with E-state index < -0.39 is 0 Å². The Morgan fingerprint density at radius 2 is 1.64 bits per heavy atom. The van der Waals surface area contributed by atoms with E-state index in [0.29, 0.717) is 13.1 Å². The molecule has 1 saturated heterocycles. The van der Waals surface area contributed by atoms with Crippen molar-refractivity contribution in [3.8, 4) is 0 Å². The summed E-state index contributed by atoms with van der Waals surface area (Å²) in [5, 5.41) is 3.29. The van der Waals surface area contributed by atoms with Gasteiger partial charge < -0.3 is 16.0 Å². The number of hydrogen-bond acceptors (Lipinski definition) is 3. The van der Waals surface area contributed by atoms with Gasteiger partial charge in [0.05, 0.1) is 6.54 Å². The van der Waals surface area contributed by atoms with Crippen LogP contribution >= 0.6 is 0 Å². The van der Waals surface area contributed by atoms with Crippen molar-refractivity contribution >= 4 is 11.6 Å². The maximum absolute atomic E-state index is 13.2. The molecular formula is C20H24FN3O. The van der Waals surface area contributed by atoms with Gasteiger partial charge in [0.1, 0.15) is 5.82 Å². The number of carbonyl (C=O) groups excluding carboxylic acids is 1. The maximum atomic E-state index is 13.2. The van der Waals surface area contributed by atoms with Crippen LogP contribution < -0.4 is 16.0 Å². The Morgan fingerprint density at radius 1 is 1.04 bits per heavy atom. The Kier molecular flexibility index (Phi) is 5.79. The molecular weight excluding hydrogens is 317 g/mol. The van der Waals surface area contributed by atoms with Gasteiger partial charge in [-0.15, -0.1) is 0 Å². The zero-order valence-electron chi connectivity index (χ0n) is 14.2. The molecule has 3 rings (SSSR count). The van der Waals surface area contributed by atoms with Crippen LogP contribution in [-0.2, 0) is 17.9 Å². The van der Waals surface area contributed by atoms with E-state index in [9.17, 15) is 9.18 Å². The van der Waals surface area contributed by atoms with Crippen molar-refractivity contribution in [1.82, 2.24) is 5.32 Å². The summed E-state index contributed by atoms with van der Waals surface area (Å²) in [6.07, 6.45) is 1.69. The van der Waals surface area contributed by atoms with Crippen LogP contribution in [-0.4, -0.2) is 19.0 Å². The van der Waals surface area contributed by atoms with E-state index >= 15 is 0 Å². The lowest BCUT2D eigenvalue weighted by atomic mass is 9.96.